The van der Waals surface area contributed by atoms with E-state index < -0.39 is 5.91 Å². The largest absolute Gasteiger partial charge is 0.493 e. The van der Waals surface area contributed by atoms with Crippen LogP contribution in [0.1, 0.15) is 15.9 Å². The van der Waals surface area contributed by atoms with Crippen molar-refractivity contribution < 1.29 is 19.1 Å². The molecule has 0 bridgehead atoms. The van der Waals surface area contributed by atoms with Crippen molar-refractivity contribution in [1.82, 2.24) is 16.2 Å². The molecule has 2 amide bonds. The highest BCUT2D eigenvalue weighted by molar-refractivity contribution is 7.80. The third kappa shape index (κ3) is 5.75. The molecule has 0 aliphatic rings. The van der Waals surface area contributed by atoms with Crippen molar-refractivity contribution in [2.45, 2.75) is 6.92 Å². The number of carbonyl (C=O) groups excluding carboxylic acids is 2. The Bertz CT molecular complexity index is 811. The molecule has 8 heteroatoms. The summed E-state index contributed by atoms with van der Waals surface area (Å²) in [6.45, 7) is 1.64. The maximum atomic E-state index is 12.0. The highest BCUT2D eigenvalue weighted by Gasteiger charge is 2.10. The van der Waals surface area contributed by atoms with Crippen LogP contribution in [0.4, 0.5) is 0 Å². The van der Waals surface area contributed by atoms with Crippen LogP contribution in [0.5, 0.6) is 11.5 Å². The average molecular weight is 373 g/mol. The minimum atomic E-state index is -0.469. The van der Waals surface area contributed by atoms with E-state index in [1.807, 2.05) is 13.0 Å². The zero-order chi connectivity index (χ0) is 18.9. The minimum Gasteiger partial charge on any atom is -0.493 e. The Morgan fingerprint density at radius 2 is 1.77 bits per heavy atom. The average Bonchev–Trinajstić information content (AvgIpc) is 2.64. The van der Waals surface area contributed by atoms with Crippen LogP contribution in [0, 0.1) is 6.92 Å². The summed E-state index contributed by atoms with van der Waals surface area (Å²) in [4.78, 5) is 23.9. The number of para-hydroxylation sites is 2. The molecule has 0 heterocycles. The quantitative estimate of drug-likeness (QED) is 0.546. The zero-order valence-electron chi connectivity index (χ0n) is 14.4. The number of hydrazine groups is 1. The standard InChI is InChI=1S/C18H19N3O4S/c1-12-6-5-7-13(10-12)17(23)19-18(26)21-20-16(22)11-25-15-9-4-3-8-14(15)24-2/h3-10H,11H2,1-2H3,(H,20,22)(H2,19,21,23,26). The molecule has 0 aliphatic carbocycles. The van der Waals surface area contributed by atoms with E-state index in [4.69, 9.17) is 21.7 Å². The fraction of sp³-hybridized carbons (Fsp3) is 0.167. The Kier molecular flexibility index (Phi) is 6.92. The third-order valence-corrected chi connectivity index (χ3v) is 3.45. The smallest absolute Gasteiger partial charge is 0.276 e. The molecular weight excluding hydrogens is 354 g/mol. The zero-order valence-corrected chi connectivity index (χ0v) is 15.2. The first-order valence-corrected chi connectivity index (χ1v) is 8.13. The summed E-state index contributed by atoms with van der Waals surface area (Å²) in [6, 6.07) is 14.0. The van der Waals surface area contributed by atoms with Gasteiger partial charge in [-0.15, -0.1) is 0 Å². The highest BCUT2D eigenvalue weighted by atomic mass is 32.1. The maximum absolute atomic E-state index is 12.0. The second-order valence-electron chi connectivity index (χ2n) is 5.27. The van der Waals surface area contributed by atoms with Crippen LogP contribution < -0.4 is 25.6 Å². The Labute approximate surface area is 156 Å². The number of aryl methyl sites for hydroxylation is 1. The third-order valence-electron chi connectivity index (χ3n) is 3.25. The molecule has 0 spiro atoms. The van der Waals surface area contributed by atoms with Gasteiger partial charge in [0.2, 0.25) is 0 Å². The van der Waals surface area contributed by atoms with Crippen LogP contribution in [0.2, 0.25) is 0 Å². The number of thiocarbonyl (C=S) groups is 1. The molecule has 0 aromatic heterocycles. The van der Waals surface area contributed by atoms with Gasteiger partial charge in [-0.1, -0.05) is 29.8 Å². The van der Waals surface area contributed by atoms with Crippen molar-refractivity contribution in [2.75, 3.05) is 13.7 Å². The van der Waals surface area contributed by atoms with Crippen LogP contribution in [0.3, 0.4) is 0 Å². The molecule has 136 valence electrons. The predicted octanol–water partition coefficient (Wildman–Crippen LogP) is 1.72. The van der Waals surface area contributed by atoms with Crippen molar-refractivity contribution >= 4 is 29.1 Å². The van der Waals surface area contributed by atoms with Crippen molar-refractivity contribution in [2.24, 2.45) is 0 Å². The van der Waals surface area contributed by atoms with Crippen molar-refractivity contribution in [3.63, 3.8) is 0 Å². The van der Waals surface area contributed by atoms with Gasteiger partial charge in [0.05, 0.1) is 7.11 Å². The fourth-order valence-electron chi connectivity index (χ4n) is 2.04. The normalized spacial score (nSPS) is 9.77. The summed E-state index contributed by atoms with van der Waals surface area (Å²) in [5.41, 5.74) is 6.23. The second-order valence-corrected chi connectivity index (χ2v) is 5.67. The van der Waals surface area contributed by atoms with Crippen molar-refractivity contribution in [3.8, 4) is 11.5 Å². The molecule has 0 fully saturated rings. The number of carbonyl (C=O) groups is 2. The van der Waals surface area contributed by atoms with Gasteiger partial charge in [-0.2, -0.15) is 0 Å². The summed E-state index contributed by atoms with van der Waals surface area (Å²) in [7, 11) is 1.51. The predicted molar refractivity (Wildman–Crippen MR) is 101 cm³/mol. The number of ether oxygens (including phenoxy) is 2. The van der Waals surface area contributed by atoms with Gasteiger partial charge in [0, 0.05) is 5.56 Å². The number of nitrogens with one attached hydrogen (secondary N) is 3. The first kappa shape index (κ1) is 19.2. The molecule has 2 aromatic rings. The molecule has 7 nitrogen and oxygen atoms in total. The molecular formula is C18H19N3O4S. The molecule has 0 radical (unpaired) electrons. The number of hydrogen-bond acceptors (Lipinski definition) is 5. The fourth-order valence-corrected chi connectivity index (χ4v) is 2.18. The monoisotopic (exact) mass is 373 g/mol. The number of rotatable bonds is 5. The summed E-state index contributed by atoms with van der Waals surface area (Å²) >= 11 is 4.98. The number of hydrogen-bond donors (Lipinski definition) is 3. The molecule has 0 saturated heterocycles. The lowest BCUT2D eigenvalue weighted by Gasteiger charge is -2.12. The van der Waals surface area contributed by atoms with Gasteiger partial charge in [0.1, 0.15) is 0 Å². The van der Waals surface area contributed by atoms with E-state index in [0.717, 1.165) is 5.56 Å². The van der Waals surface area contributed by atoms with Gasteiger partial charge in [0.25, 0.3) is 11.8 Å². The van der Waals surface area contributed by atoms with Crippen molar-refractivity contribution in [1.29, 1.82) is 0 Å². The molecule has 0 unspecified atom stereocenters. The van der Waals surface area contributed by atoms with E-state index in [-0.39, 0.29) is 17.6 Å². The molecule has 2 aromatic carbocycles. The summed E-state index contributed by atoms with van der Waals surface area (Å²) in [5, 5.41) is 2.45. The van der Waals surface area contributed by atoms with Crippen LogP contribution in [-0.2, 0) is 4.79 Å². The first-order chi connectivity index (χ1) is 12.5. The SMILES string of the molecule is COc1ccccc1OCC(=O)NNC(=S)NC(=O)c1cccc(C)c1. The van der Waals surface area contributed by atoms with Crippen LogP contribution >= 0.6 is 12.2 Å². The van der Waals surface area contributed by atoms with Crippen LogP contribution in [-0.4, -0.2) is 30.6 Å². The Morgan fingerprint density at radius 3 is 2.46 bits per heavy atom. The van der Waals surface area contributed by atoms with Gasteiger partial charge in [0.15, 0.2) is 23.2 Å². The topological polar surface area (TPSA) is 88.7 Å². The van der Waals surface area contributed by atoms with Gasteiger partial charge in [-0.25, -0.2) is 0 Å². The number of amides is 2. The lowest BCUT2D eigenvalue weighted by molar-refractivity contribution is -0.123. The summed E-state index contributed by atoms with van der Waals surface area (Å²) < 4.78 is 10.5. The van der Waals surface area contributed by atoms with E-state index in [0.29, 0.717) is 17.1 Å². The Hall–Kier alpha value is -3.13. The Morgan fingerprint density at radius 1 is 1.04 bits per heavy atom. The highest BCUT2D eigenvalue weighted by Crippen LogP contribution is 2.25. The van der Waals surface area contributed by atoms with E-state index in [2.05, 4.69) is 16.2 Å². The van der Waals surface area contributed by atoms with Gasteiger partial charge < -0.3 is 9.47 Å². The molecule has 3 N–H and O–H groups in total. The van der Waals surface area contributed by atoms with E-state index in [1.54, 1.807) is 42.5 Å². The van der Waals surface area contributed by atoms with E-state index in [9.17, 15) is 9.59 Å². The molecule has 0 aliphatic heterocycles. The lowest BCUT2D eigenvalue weighted by atomic mass is 10.1. The lowest BCUT2D eigenvalue weighted by Crippen LogP contribution is -2.49. The van der Waals surface area contributed by atoms with Gasteiger partial charge >= 0.3 is 0 Å². The van der Waals surface area contributed by atoms with Gasteiger partial charge in [-0.3, -0.25) is 25.8 Å². The molecule has 0 saturated carbocycles. The van der Waals surface area contributed by atoms with Crippen LogP contribution in [0.15, 0.2) is 48.5 Å². The first-order valence-electron chi connectivity index (χ1n) is 7.72. The molecule has 26 heavy (non-hydrogen) atoms. The number of methoxy groups -OCH3 is 1. The number of benzene rings is 2. The van der Waals surface area contributed by atoms with Crippen molar-refractivity contribution in [3.05, 3.63) is 59.7 Å². The maximum Gasteiger partial charge on any atom is 0.276 e. The molecule has 2 rings (SSSR count). The summed E-state index contributed by atoms with van der Waals surface area (Å²) in [6.07, 6.45) is 0. The summed E-state index contributed by atoms with van der Waals surface area (Å²) in [5.74, 6) is 0.128. The Balaban J connectivity index is 1.76. The van der Waals surface area contributed by atoms with Gasteiger partial charge in [-0.05, 0) is 43.4 Å². The van der Waals surface area contributed by atoms with E-state index in [1.165, 1.54) is 7.11 Å². The second kappa shape index (κ2) is 9.38. The molecule has 0 atom stereocenters. The van der Waals surface area contributed by atoms with Crippen LogP contribution in [0.25, 0.3) is 0 Å². The minimum absolute atomic E-state index is 0.0258. The van der Waals surface area contributed by atoms with E-state index >= 15 is 0 Å².